The molecule has 1 aliphatic rings. The van der Waals surface area contributed by atoms with Crippen LogP contribution in [0.15, 0.2) is 42.5 Å². The van der Waals surface area contributed by atoms with Crippen molar-refractivity contribution in [2.45, 2.75) is 12.5 Å². The molecule has 3 N–H and O–H groups in total. The molecule has 3 aromatic carbocycles. The van der Waals surface area contributed by atoms with E-state index in [-0.39, 0.29) is 11.9 Å². The number of ether oxygens (including phenoxy) is 1. The molecule has 3 heterocycles. The van der Waals surface area contributed by atoms with Crippen molar-refractivity contribution in [2.24, 2.45) is 0 Å². The molecule has 140 valence electrons. The smallest absolute Gasteiger partial charge is 0.167 e. The van der Waals surface area contributed by atoms with Crippen LogP contribution >= 0.6 is 9.24 Å². The van der Waals surface area contributed by atoms with E-state index in [0.717, 1.165) is 74.2 Å². The molecule has 0 saturated carbocycles. The molecule has 0 bridgehead atoms. The molecule has 6 rings (SSSR count). The van der Waals surface area contributed by atoms with Crippen molar-refractivity contribution in [3.8, 4) is 5.75 Å². The first-order valence-electron chi connectivity index (χ1n) is 9.49. The summed E-state index contributed by atoms with van der Waals surface area (Å²) < 4.78 is 20.5. The molecular formula is C22H19FN3OP. The molecule has 28 heavy (non-hydrogen) atoms. The lowest BCUT2D eigenvalue weighted by Crippen LogP contribution is -2.19. The van der Waals surface area contributed by atoms with E-state index in [2.05, 4.69) is 48.8 Å². The van der Waals surface area contributed by atoms with Gasteiger partial charge in [0.15, 0.2) is 5.75 Å². The highest BCUT2D eigenvalue weighted by molar-refractivity contribution is 7.27. The zero-order valence-corrected chi connectivity index (χ0v) is 16.3. The normalized spacial score (nSPS) is 17.4. The Morgan fingerprint density at radius 2 is 1.61 bits per heavy atom. The summed E-state index contributed by atoms with van der Waals surface area (Å²) in [6, 6.07) is 13.3. The molecule has 1 saturated heterocycles. The number of hydrogen-bond acceptors (Lipinski definition) is 2. The molecule has 0 spiro atoms. The van der Waals surface area contributed by atoms with Crippen LogP contribution in [0.2, 0.25) is 0 Å². The van der Waals surface area contributed by atoms with Gasteiger partial charge in [-0.1, -0.05) is 6.07 Å². The molecule has 6 heteroatoms. The summed E-state index contributed by atoms with van der Waals surface area (Å²) in [5.41, 5.74) is 3.88. The highest BCUT2D eigenvalue weighted by atomic mass is 31.0. The molecule has 0 amide bonds. The van der Waals surface area contributed by atoms with Gasteiger partial charge in [0.05, 0.1) is 11.0 Å². The van der Waals surface area contributed by atoms with Crippen molar-refractivity contribution in [2.75, 3.05) is 13.1 Å². The second kappa shape index (κ2) is 5.94. The minimum atomic E-state index is -0.234. The fourth-order valence-corrected chi connectivity index (χ4v) is 4.62. The van der Waals surface area contributed by atoms with Gasteiger partial charge in [-0.3, -0.25) is 0 Å². The summed E-state index contributed by atoms with van der Waals surface area (Å²) >= 11 is 0. The van der Waals surface area contributed by atoms with E-state index >= 15 is 0 Å². The standard InChI is InChI=1S/C22H19FN3OP/c23-11-1-3-18-14(7-11)16-9-17-15-8-13(28)2-4-19(15)26-21(17)22(20(16)25-18)27-12-5-6-24-10-12/h1-4,7-9,12,24-26H,5-6,10,28H2. The predicted molar refractivity (Wildman–Crippen MR) is 116 cm³/mol. The first kappa shape index (κ1) is 16.3. The molecule has 2 unspecified atom stereocenters. The van der Waals surface area contributed by atoms with Crippen LogP contribution in [0, 0.1) is 5.82 Å². The fourth-order valence-electron chi connectivity index (χ4n) is 4.36. The van der Waals surface area contributed by atoms with Gasteiger partial charge in [0.2, 0.25) is 0 Å². The van der Waals surface area contributed by atoms with Gasteiger partial charge in [-0.2, -0.15) is 0 Å². The van der Waals surface area contributed by atoms with Gasteiger partial charge < -0.3 is 20.0 Å². The molecule has 5 aromatic rings. The minimum Gasteiger partial charge on any atom is -0.485 e. The maximum absolute atomic E-state index is 14.0. The Kier molecular flexibility index (Phi) is 3.47. The Labute approximate surface area is 162 Å². The lowest BCUT2D eigenvalue weighted by atomic mass is 10.1. The average Bonchev–Trinajstić information content (AvgIpc) is 3.39. The number of halogens is 1. The highest BCUT2D eigenvalue weighted by Gasteiger charge is 2.22. The van der Waals surface area contributed by atoms with E-state index in [1.54, 1.807) is 12.1 Å². The van der Waals surface area contributed by atoms with Crippen LogP contribution in [0.5, 0.6) is 5.75 Å². The molecule has 0 radical (unpaired) electrons. The molecule has 0 aliphatic carbocycles. The molecular weight excluding hydrogens is 372 g/mol. The number of nitrogens with one attached hydrogen (secondary N) is 3. The maximum Gasteiger partial charge on any atom is 0.167 e. The van der Waals surface area contributed by atoms with Gasteiger partial charge in [-0.15, -0.1) is 9.24 Å². The number of hydrogen-bond donors (Lipinski definition) is 3. The lowest BCUT2D eigenvalue weighted by molar-refractivity contribution is 0.228. The van der Waals surface area contributed by atoms with E-state index in [1.165, 1.54) is 6.07 Å². The van der Waals surface area contributed by atoms with E-state index in [4.69, 9.17) is 4.74 Å². The van der Waals surface area contributed by atoms with Crippen molar-refractivity contribution in [1.82, 2.24) is 15.3 Å². The number of rotatable bonds is 2. The molecule has 1 aliphatic heterocycles. The molecule has 4 nitrogen and oxygen atoms in total. The third kappa shape index (κ3) is 2.36. The van der Waals surface area contributed by atoms with Crippen molar-refractivity contribution < 1.29 is 9.13 Å². The summed E-state index contributed by atoms with van der Waals surface area (Å²) in [5.74, 6) is 0.585. The highest BCUT2D eigenvalue weighted by Crippen LogP contribution is 2.41. The second-order valence-electron chi connectivity index (χ2n) is 7.53. The maximum atomic E-state index is 14.0. The Balaban J connectivity index is 1.75. The lowest BCUT2D eigenvalue weighted by Gasteiger charge is -2.14. The van der Waals surface area contributed by atoms with E-state index in [1.807, 2.05) is 0 Å². The first-order chi connectivity index (χ1) is 13.7. The van der Waals surface area contributed by atoms with Crippen LogP contribution in [0.3, 0.4) is 0 Å². The largest absolute Gasteiger partial charge is 0.485 e. The van der Waals surface area contributed by atoms with Gasteiger partial charge in [0, 0.05) is 39.1 Å². The van der Waals surface area contributed by atoms with Crippen molar-refractivity contribution in [1.29, 1.82) is 0 Å². The summed E-state index contributed by atoms with van der Waals surface area (Å²) in [4.78, 5) is 7.01. The summed E-state index contributed by atoms with van der Waals surface area (Å²) in [7, 11) is 2.75. The van der Waals surface area contributed by atoms with Crippen molar-refractivity contribution >= 4 is 58.2 Å². The van der Waals surface area contributed by atoms with Gasteiger partial charge in [0.1, 0.15) is 11.9 Å². The van der Waals surface area contributed by atoms with Crippen LogP contribution in [0.1, 0.15) is 6.42 Å². The van der Waals surface area contributed by atoms with Crippen molar-refractivity contribution in [3.05, 3.63) is 48.3 Å². The summed E-state index contributed by atoms with van der Waals surface area (Å²) in [6.45, 7) is 1.80. The monoisotopic (exact) mass is 391 g/mol. The zero-order valence-electron chi connectivity index (χ0n) is 15.1. The Bertz CT molecular complexity index is 1290. The van der Waals surface area contributed by atoms with Gasteiger partial charge in [-0.25, -0.2) is 4.39 Å². The Hall–Kier alpha value is -2.62. The van der Waals surface area contributed by atoms with Gasteiger partial charge >= 0.3 is 0 Å². The first-order valence-corrected chi connectivity index (χ1v) is 10.1. The SMILES string of the molecule is Fc1ccc2[nH]c3c(OC4CCNC4)c4[nH]c5ccc(P)cc5c4cc3c2c1. The van der Waals surface area contributed by atoms with Crippen LogP contribution < -0.4 is 15.4 Å². The average molecular weight is 391 g/mol. The van der Waals surface area contributed by atoms with Gasteiger partial charge in [-0.05, 0) is 54.7 Å². The van der Waals surface area contributed by atoms with E-state index < -0.39 is 0 Å². The number of fused-ring (bicyclic) bond motifs is 6. The number of aromatic amines is 2. The summed E-state index contributed by atoms with van der Waals surface area (Å²) in [5, 5.41) is 8.59. The third-order valence-electron chi connectivity index (χ3n) is 5.71. The van der Waals surface area contributed by atoms with Crippen LogP contribution in [-0.4, -0.2) is 29.2 Å². The Morgan fingerprint density at radius 3 is 2.32 bits per heavy atom. The van der Waals surface area contributed by atoms with Crippen LogP contribution in [-0.2, 0) is 0 Å². The molecule has 1 fully saturated rings. The molecule has 2 atom stereocenters. The van der Waals surface area contributed by atoms with Crippen LogP contribution in [0.4, 0.5) is 4.39 Å². The van der Waals surface area contributed by atoms with Crippen LogP contribution in [0.25, 0.3) is 43.6 Å². The predicted octanol–water partition coefficient (Wildman–Crippen LogP) is 4.34. The quantitative estimate of drug-likeness (QED) is 0.392. The van der Waals surface area contributed by atoms with E-state index in [0.29, 0.717) is 0 Å². The third-order valence-corrected chi connectivity index (χ3v) is 6.07. The number of H-pyrrole nitrogens is 2. The second-order valence-corrected chi connectivity index (χ2v) is 8.20. The molecule has 2 aromatic heterocycles. The number of benzene rings is 3. The minimum absolute atomic E-state index is 0.126. The topological polar surface area (TPSA) is 52.8 Å². The Morgan fingerprint density at radius 1 is 0.893 bits per heavy atom. The zero-order chi connectivity index (χ0) is 18.8. The fraction of sp³-hybridized carbons (Fsp3) is 0.182. The van der Waals surface area contributed by atoms with Crippen molar-refractivity contribution in [3.63, 3.8) is 0 Å². The van der Waals surface area contributed by atoms with Gasteiger partial charge in [0.25, 0.3) is 0 Å². The number of aromatic nitrogens is 2. The van der Waals surface area contributed by atoms with E-state index in [9.17, 15) is 4.39 Å². The summed E-state index contributed by atoms with van der Waals surface area (Å²) in [6.07, 6.45) is 1.10.